The lowest BCUT2D eigenvalue weighted by atomic mass is 10.1. The van der Waals surface area contributed by atoms with Crippen LogP contribution in [0, 0.1) is 0 Å². The van der Waals surface area contributed by atoms with Gasteiger partial charge in [-0.15, -0.1) is 0 Å². The van der Waals surface area contributed by atoms with Crippen molar-refractivity contribution in [1.29, 1.82) is 0 Å². The SMILES string of the molecule is CCC(C)NCCCC(C)Nc1ccnc2cc(Cl)ccc12. The second-order valence-electron chi connectivity index (χ2n) is 5.97. The van der Waals surface area contributed by atoms with Crippen molar-refractivity contribution in [3.05, 3.63) is 35.5 Å². The highest BCUT2D eigenvalue weighted by Crippen LogP contribution is 2.25. The van der Waals surface area contributed by atoms with Gasteiger partial charge >= 0.3 is 0 Å². The molecule has 2 rings (SSSR count). The standard InChI is InChI=1S/C18H26ClN3/c1-4-13(2)20-10-5-6-14(3)22-17-9-11-21-18-12-15(19)7-8-16(17)18/h7-9,11-14,20H,4-6,10H2,1-3H3,(H,21,22). The van der Waals surface area contributed by atoms with Crippen LogP contribution in [0.1, 0.15) is 40.0 Å². The van der Waals surface area contributed by atoms with Gasteiger partial charge in [0.25, 0.3) is 0 Å². The van der Waals surface area contributed by atoms with Crippen molar-refractivity contribution in [3.8, 4) is 0 Å². The van der Waals surface area contributed by atoms with Gasteiger partial charge in [0.1, 0.15) is 0 Å². The summed E-state index contributed by atoms with van der Waals surface area (Å²) in [6.45, 7) is 7.75. The van der Waals surface area contributed by atoms with E-state index in [2.05, 4.69) is 36.4 Å². The normalized spacial score (nSPS) is 14.0. The Balaban J connectivity index is 1.90. The van der Waals surface area contributed by atoms with Crippen molar-refractivity contribution in [2.24, 2.45) is 0 Å². The van der Waals surface area contributed by atoms with E-state index in [0.29, 0.717) is 12.1 Å². The minimum atomic E-state index is 0.431. The molecule has 0 bridgehead atoms. The Hall–Kier alpha value is -1.32. The van der Waals surface area contributed by atoms with E-state index in [1.807, 2.05) is 30.5 Å². The molecule has 0 saturated heterocycles. The predicted octanol–water partition coefficient (Wildman–Crippen LogP) is 4.86. The first-order valence-corrected chi connectivity index (χ1v) is 8.52. The van der Waals surface area contributed by atoms with Crippen LogP contribution >= 0.6 is 11.6 Å². The molecule has 4 heteroatoms. The zero-order chi connectivity index (χ0) is 15.9. The molecule has 1 aromatic carbocycles. The molecule has 3 nitrogen and oxygen atoms in total. The van der Waals surface area contributed by atoms with Crippen molar-refractivity contribution < 1.29 is 0 Å². The molecule has 0 amide bonds. The summed E-state index contributed by atoms with van der Waals surface area (Å²) in [5, 5.41) is 8.98. The Kier molecular flexibility index (Phi) is 6.47. The lowest BCUT2D eigenvalue weighted by molar-refractivity contribution is 0.507. The highest BCUT2D eigenvalue weighted by atomic mass is 35.5. The number of nitrogens with zero attached hydrogens (tertiary/aromatic N) is 1. The number of pyridine rings is 1. The van der Waals surface area contributed by atoms with Crippen LogP contribution in [-0.4, -0.2) is 23.6 Å². The maximum absolute atomic E-state index is 6.03. The maximum Gasteiger partial charge on any atom is 0.0737 e. The molecule has 120 valence electrons. The van der Waals surface area contributed by atoms with E-state index < -0.39 is 0 Å². The third-order valence-corrected chi connectivity index (χ3v) is 4.26. The van der Waals surface area contributed by atoms with Crippen LogP contribution in [0.15, 0.2) is 30.5 Å². The van der Waals surface area contributed by atoms with E-state index in [1.54, 1.807) is 0 Å². The fraction of sp³-hybridized carbons (Fsp3) is 0.500. The third kappa shape index (κ3) is 4.85. The monoisotopic (exact) mass is 319 g/mol. The van der Waals surface area contributed by atoms with Crippen LogP contribution < -0.4 is 10.6 Å². The molecule has 0 spiro atoms. The lowest BCUT2D eigenvalue weighted by Gasteiger charge is -2.17. The Morgan fingerprint density at radius 2 is 2.00 bits per heavy atom. The molecule has 2 unspecified atom stereocenters. The molecule has 0 aliphatic heterocycles. The summed E-state index contributed by atoms with van der Waals surface area (Å²) in [6, 6.07) is 8.92. The van der Waals surface area contributed by atoms with Crippen molar-refractivity contribution in [3.63, 3.8) is 0 Å². The number of hydrogen-bond acceptors (Lipinski definition) is 3. The largest absolute Gasteiger partial charge is 0.382 e. The van der Waals surface area contributed by atoms with Gasteiger partial charge in [-0.2, -0.15) is 0 Å². The first kappa shape index (κ1) is 17.0. The number of fused-ring (bicyclic) bond motifs is 1. The Bertz CT molecular complexity index is 600. The van der Waals surface area contributed by atoms with E-state index in [9.17, 15) is 0 Å². The smallest absolute Gasteiger partial charge is 0.0737 e. The van der Waals surface area contributed by atoms with Crippen LogP contribution in [0.5, 0.6) is 0 Å². The molecule has 0 radical (unpaired) electrons. The maximum atomic E-state index is 6.03. The number of rotatable bonds is 8. The molecule has 0 saturated carbocycles. The minimum absolute atomic E-state index is 0.431. The summed E-state index contributed by atoms with van der Waals surface area (Å²) in [6.07, 6.45) is 5.33. The minimum Gasteiger partial charge on any atom is -0.382 e. The van der Waals surface area contributed by atoms with Crippen molar-refractivity contribution in [2.75, 3.05) is 11.9 Å². The van der Waals surface area contributed by atoms with E-state index in [0.717, 1.165) is 34.6 Å². The fourth-order valence-corrected chi connectivity index (χ4v) is 2.65. The molecular weight excluding hydrogens is 294 g/mol. The first-order valence-electron chi connectivity index (χ1n) is 8.14. The number of aromatic nitrogens is 1. The van der Waals surface area contributed by atoms with Gasteiger partial charge in [0, 0.05) is 34.4 Å². The van der Waals surface area contributed by atoms with Crippen LogP contribution in [0.3, 0.4) is 0 Å². The highest BCUT2D eigenvalue weighted by Gasteiger charge is 2.07. The fourth-order valence-electron chi connectivity index (χ4n) is 2.49. The third-order valence-electron chi connectivity index (χ3n) is 4.03. The van der Waals surface area contributed by atoms with Crippen LogP contribution in [0.4, 0.5) is 5.69 Å². The predicted molar refractivity (Wildman–Crippen MR) is 96.8 cm³/mol. The number of hydrogen-bond donors (Lipinski definition) is 2. The van der Waals surface area contributed by atoms with Gasteiger partial charge in [0.2, 0.25) is 0 Å². The molecule has 2 atom stereocenters. The van der Waals surface area contributed by atoms with Crippen molar-refractivity contribution >= 4 is 28.2 Å². The average Bonchev–Trinajstić information content (AvgIpc) is 2.51. The van der Waals surface area contributed by atoms with Gasteiger partial charge in [0.15, 0.2) is 0 Å². The summed E-state index contributed by atoms with van der Waals surface area (Å²) < 4.78 is 0. The number of nitrogens with one attached hydrogen (secondary N) is 2. The molecule has 0 aliphatic carbocycles. The van der Waals surface area contributed by atoms with Gasteiger partial charge in [-0.05, 0) is 63.9 Å². The van der Waals surface area contributed by atoms with E-state index >= 15 is 0 Å². The summed E-state index contributed by atoms with van der Waals surface area (Å²) in [4.78, 5) is 4.38. The van der Waals surface area contributed by atoms with Gasteiger partial charge in [-0.3, -0.25) is 4.98 Å². The summed E-state index contributed by atoms with van der Waals surface area (Å²) >= 11 is 6.03. The van der Waals surface area contributed by atoms with Crippen LogP contribution in [-0.2, 0) is 0 Å². The lowest BCUT2D eigenvalue weighted by Crippen LogP contribution is -2.27. The molecule has 2 aromatic rings. The molecule has 22 heavy (non-hydrogen) atoms. The van der Waals surface area contributed by atoms with Gasteiger partial charge in [-0.25, -0.2) is 0 Å². The molecule has 2 N–H and O–H groups in total. The number of benzene rings is 1. The Labute approximate surface area is 138 Å². The van der Waals surface area contributed by atoms with E-state index in [1.165, 1.54) is 12.8 Å². The molecular formula is C18H26ClN3. The molecule has 1 heterocycles. The van der Waals surface area contributed by atoms with E-state index in [-0.39, 0.29) is 0 Å². The second kappa shape index (κ2) is 8.35. The Morgan fingerprint density at radius 3 is 2.77 bits per heavy atom. The zero-order valence-electron chi connectivity index (χ0n) is 13.7. The number of halogens is 1. The molecule has 1 aromatic heterocycles. The second-order valence-corrected chi connectivity index (χ2v) is 6.41. The van der Waals surface area contributed by atoms with Crippen molar-refractivity contribution in [1.82, 2.24) is 10.3 Å². The number of anilines is 1. The summed E-state index contributed by atoms with van der Waals surface area (Å²) in [5.41, 5.74) is 2.06. The van der Waals surface area contributed by atoms with Gasteiger partial charge in [-0.1, -0.05) is 18.5 Å². The molecule has 0 aliphatic rings. The van der Waals surface area contributed by atoms with E-state index in [4.69, 9.17) is 11.6 Å². The highest BCUT2D eigenvalue weighted by molar-refractivity contribution is 6.31. The van der Waals surface area contributed by atoms with Crippen molar-refractivity contribution in [2.45, 2.75) is 52.1 Å². The zero-order valence-corrected chi connectivity index (χ0v) is 14.5. The quantitative estimate of drug-likeness (QED) is 0.682. The van der Waals surface area contributed by atoms with Crippen LogP contribution in [0.25, 0.3) is 10.9 Å². The average molecular weight is 320 g/mol. The van der Waals surface area contributed by atoms with Gasteiger partial charge in [0.05, 0.1) is 5.52 Å². The summed E-state index contributed by atoms with van der Waals surface area (Å²) in [5.74, 6) is 0. The first-order chi connectivity index (χ1) is 10.6. The summed E-state index contributed by atoms with van der Waals surface area (Å²) in [7, 11) is 0. The Morgan fingerprint density at radius 1 is 1.18 bits per heavy atom. The topological polar surface area (TPSA) is 37.0 Å². The van der Waals surface area contributed by atoms with Gasteiger partial charge < -0.3 is 10.6 Å². The molecule has 0 fully saturated rings. The van der Waals surface area contributed by atoms with Crippen LogP contribution in [0.2, 0.25) is 5.02 Å².